The Balaban J connectivity index is 2.74. The summed E-state index contributed by atoms with van der Waals surface area (Å²) in [6.07, 6.45) is 5.58. The average molecular weight is 257 g/mol. The molecule has 13 heavy (non-hydrogen) atoms. The third-order valence-corrected chi connectivity index (χ3v) is 4.53. The molecule has 0 aromatic carbocycles. The van der Waals surface area contributed by atoms with Crippen LogP contribution in [0.15, 0.2) is 40.4 Å². The van der Waals surface area contributed by atoms with Gasteiger partial charge in [0.15, 0.2) is 0 Å². The van der Waals surface area contributed by atoms with Gasteiger partial charge in [-0.3, -0.25) is 0 Å². The predicted octanol–water partition coefficient (Wildman–Crippen LogP) is 4.41. The molecule has 2 heteroatoms. The van der Waals surface area contributed by atoms with Crippen LogP contribution in [-0.2, 0) is 0 Å². The lowest BCUT2D eigenvalue weighted by Gasteiger charge is -2.21. The predicted molar refractivity (Wildman–Crippen MR) is 65.1 cm³/mol. The van der Waals surface area contributed by atoms with Gasteiger partial charge in [0.2, 0.25) is 0 Å². The van der Waals surface area contributed by atoms with Crippen molar-refractivity contribution >= 4 is 27.7 Å². The van der Waals surface area contributed by atoms with Gasteiger partial charge in [-0.25, -0.2) is 0 Å². The Morgan fingerprint density at radius 3 is 3.00 bits per heavy atom. The van der Waals surface area contributed by atoms with E-state index >= 15 is 0 Å². The molecule has 0 N–H and O–H groups in total. The molecule has 0 saturated heterocycles. The highest BCUT2D eigenvalue weighted by atomic mass is 79.9. The smallest absolute Gasteiger partial charge is 0.0413 e. The van der Waals surface area contributed by atoms with Gasteiger partial charge in [0, 0.05) is 15.1 Å². The van der Waals surface area contributed by atoms with Gasteiger partial charge in [-0.15, -0.1) is 17.5 Å². The number of hydrogen-bond donors (Lipinski definition) is 0. The Kier molecular flexibility index (Phi) is 4.65. The molecule has 0 heterocycles. The molecule has 0 aromatic heterocycles. The van der Waals surface area contributed by atoms with Crippen molar-refractivity contribution in [3.63, 3.8) is 0 Å². The Bertz CT molecular complexity index is 272. The lowest BCUT2D eigenvalue weighted by Crippen LogP contribution is -2.09. The largest absolute Gasteiger partial charge is 0.122 e. The molecule has 0 bridgehead atoms. The standard InChI is InChI=1S/C11H13BrS/c1-3-8-13-10-7-5-6-9(4-2)11(10)12/h4,8,10H,1-2,5-7H2. The summed E-state index contributed by atoms with van der Waals surface area (Å²) >= 11 is 5.40. The Labute approximate surface area is 92.6 Å². The summed E-state index contributed by atoms with van der Waals surface area (Å²) in [6, 6.07) is 0. The highest BCUT2D eigenvalue weighted by Crippen LogP contribution is 2.37. The van der Waals surface area contributed by atoms with Crippen LogP contribution in [0.1, 0.15) is 19.3 Å². The molecule has 0 aromatic rings. The second kappa shape index (κ2) is 5.54. The summed E-state index contributed by atoms with van der Waals surface area (Å²) in [7, 11) is 0. The molecule has 0 saturated carbocycles. The zero-order valence-corrected chi connectivity index (χ0v) is 9.96. The second-order valence-electron chi connectivity index (χ2n) is 2.92. The minimum absolute atomic E-state index is 0.538. The van der Waals surface area contributed by atoms with E-state index in [1.54, 1.807) is 11.8 Å². The molecule has 0 spiro atoms. The molecular weight excluding hydrogens is 244 g/mol. The SMILES string of the molecule is C=C=CSC1CCCC(C=C)=C1Br. The van der Waals surface area contributed by atoms with Crippen LogP contribution < -0.4 is 0 Å². The molecule has 0 radical (unpaired) electrons. The average Bonchev–Trinajstić information content (AvgIpc) is 2.16. The van der Waals surface area contributed by atoms with E-state index in [2.05, 4.69) is 34.8 Å². The first kappa shape index (κ1) is 10.9. The minimum atomic E-state index is 0.538. The number of halogens is 1. The summed E-state index contributed by atoms with van der Waals surface area (Å²) in [6.45, 7) is 7.37. The van der Waals surface area contributed by atoms with Gasteiger partial charge in [-0.1, -0.05) is 35.2 Å². The highest BCUT2D eigenvalue weighted by Gasteiger charge is 2.19. The number of allylic oxidation sites excluding steroid dienone is 2. The van der Waals surface area contributed by atoms with Gasteiger partial charge in [0.1, 0.15) is 0 Å². The van der Waals surface area contributed by atoms with Crippen LogP contribution in [0.4, 0.5) is 0 Å². The molecule has 1 atom stereocenters. The zero-order valence-electron chi connectivity index (χ0n) is 7.55. The molecule has 0 nitrogen and oxygen atoms in total. The van der Waals surface area contributed by atoms with Crippen LogP contribution in [-0.4, -0.2) is 5.25 Å². The monoisotopic (exact) mass is 256 g/mol. The Hall–Kier alpha value is -0.170. The maximum Gasteiger partial charge on any atom is 0.0413 e. The molecule has 1 aliphatic carbocycles. The van der Waals surface area contributed by atoms with Gasteiger partial charge < -0.3 is 0 Å². The fourth-order valence-electron chi connectivity index (χ4n) is 1.39. The summed E-state index contributed by atoms with van der Waals surface area (Å²) in [5.74, 6) is 0. The van der Waals surface area contributed by atoms with Crippen LogP contribution in [0.5, 0.6) is 0 Å². The van der Waals surface area contributed by atoms with E-state index in [1.807, 2.05) is 11.5 Å². The van der Waals surface area contributed by atoms with Crippen LogP contribution in [0.3, 0.4) is 0 Å². The van der Waals surface area contributed by atoms with Crippen LogP contribution >= 0.6 is 27.7 Å². The number of hydrogen-bond acceptors (Lipinski definition) is 1. The molecule has 70 valence electrons. The lowest BCUT2D eigenvalue weighted by atomic mass is 9.99. The molecule has 0 amide bonds. The second-order valence-corrected chi connectivity index (χ2v) is 4.85. The third kappa shape index (κ3) is 2.91. The highest BCUT2D eigenvalue weighted by molar-refractivity contribution is 9.12. The van der Waals surface area contributed by atoms with Gasteiger partial charge in [0.25, 0.3) is 0 Å². The third-order valence-electron chi connectivity index (χ3n) is 2.06. The van der Waals surface area contributed by atoms with Crippen LogP contribution in [0.25, 0.3) is 0 Å². The number of rotatable bonds is 3. The van der Waals surface area contributed by atoms with E-state index in [1.165, 1.54) is 22.9 Å². The Morgan fingerprint density at radius 1 is 1.62 bits per heavy atom. The van der Waals surface area contributed by atoms with E-state index in [0.717, 1.165) is 6.42 Å². The van der Waals surface area contributed by atoms with Gasteiger partial charge >= 0.3 is 0 Å². The maximum absolute atomic E-state index is 3.81. The summed E-state index contributed by atoms with van der Waals surface area (Å²) in [5.41, 5.74) is 4.14. The first-order valence-corrected chi connectivity index (χ1v) is 6.04. The first-order chi connectivity index (χ1) is 6.29. The van der Waals surface area contributed by atoms with Crippen molar-refractivity contribution in [1.82, 2.24) is 0 Å². The quantitative estimate of drug-likeness (QED) is 0.675. The maximum atomic E-state index is 3.81. The van der Waals surface area contributed by atoms with Crippen molar-refractivity contribution in [3.05, 3.63) is 40.4 Å². The van der Waals surface area contributed by atoms with Crippen molar-refractivity contribution < 1.29 is 0 Å². The van der Waals surface area contributed by atoms with E-state index in [4.69, 9.17) is 0 Å². The Morgan fingerprint density at radius 2 is 2.38 bits per heavy atom. The van der Waals surface area contributed by atoms with Gasteiger partial charge in [-0.05, 0) is 24.8 Å². The zero-order chi connectivity index (χ0) is 9.68. The molecule has 1 rings (SSSR count). The fourth-order valence-corrected chi connectivity index (χ4v) is 3.14. The molecule has 0 aliphatic heterocycles. The van der Waals surface area contributed by atoms with Crippen molar-refractivity contribution in [1.29, 1.82) is 0 Å². The summed E-state index contributed by atoms with van der Waals surface area (Å²) < 4.78 is 1.30. The normalized spacial score (nSPS) is 22.4. The van der Waals surface area contributed by atoms with Crippen molar-refractivity contribution in [3.8, 4) is 0 Å². The van der Waals surface area contributed by atoms with E-state index in [9.17, 15) is 0 Å². The van der Waals surface area contributed by atoms with Gasteiger partial charge in [-0.2, -0.15) is 0 Å². The molecule has 0 fully saturated rings. The first-order valence-electron chi connectivity index (χ1n) is 4.30. The fraction of sp³-hybridized carbons (Fsp3) is 0.364. The lowest BCUT2D eigenvalue weighted by molar-refractivity contribution is 0.719. The van der Waals surface area contributed by atoms with E-state index < -0.39 is 0 Å². The van der Waals surface area contributed by atoms with E-state index in [0.29, 0.717) is 5.25 Å². The van der Waals surface area contributed by atoms with Crippen LogP contribution in [0, 0.1) is 0 Å². The molecule has 1 aliphatic rings. The topological polar surface area (TPSA) is 0 Å². The minimum Gasteiger partial charge on any atom is -0.122 e. The summed E-state index contributed by atoms with van der Waals surface area (Å²) in [5, 5.41) is 2.47. The molecular formula is C11H13BrS. The van der Waals surface area contributed by atoms with Crippen LogP contribution in [0.2, 0.25) is 0 Å². The number of thioether (sulfide) groups is 1. The van der Waals surface area contributed by atoms with E-state index in [-0.39, 0.29) is 0 Å². The molecule has 1 unspecified atom stereocenters. The summed E-state index contributed by atoms with van der Waals surface area (Å²) in [4.78, 5) is 0. The van der Waals surface area contributed by atoms with Crippen molar-refractivity contribution in [2.45, 2.75) is 24.5 Å². The van der Waals surface area contributed by atoms with Gasteiger partial charge in [0.05, 0.1) is 0 Å². The van der Waals surface area contributed by atoms with Crippen molar-refractivity contribution in [2.24, 2.45) is 0 Å². The van der Waals surface area contributed by atoms with Crippen molar-refractivity contribution in [2.75, 3.05) is 0 Å².